The molecular formula is C18H19BrN4. The Hall–Kier alpha value is -2.14. The molecule has 1 aliphatic carbocycles. The van der Waals surface area contributed by atoms with Crippen LogP contribution >= 0.6 is 15.9 Å². The van der Waals surface area contributed by atoms with Crippen LogP contribution in [0.3, 0.4) is 0 Å². The van der Waals surface area contributed by atoms with Crippen molar-refractivity contribution in [2.45, 2.75) is 19.8 Å². The summed E-state index contributed by atoms with van der Waals surface area (Å²) >= 11 is 3.47. The third kappa shape index (κ3) is 4.42. The molecule has 0 bridgehead atoms. The fourth-order valence-electron chi connectivity index (χ4n) is 2.29. The average molecular weight is 371 g/mol. The zero-order chi connectivity index (χ0) is 16.2. The quantitative estimate of drug-likeness (QED) is 0.680. The maximum absolute atomic E-state index is 4.51. The monoisotopic (exact) mass is 370 g/mol. The standard InChI is InChI=1S/C18H19BrN4/c1-12(14-8-9-14)10-13(2)21-17-16(19)11-20-18(23-17)22-15-6-4-3-5-7-15/h3-7,10-11,14H,2,8-9H2,1H3,(H2,20,21,22,23)/b12-10+. The maximum atomic E-state index is 4.51. The normalized spacial score (nSPS) is 14.4. The van der Waals surface area contributed by atoms with Gasteiger partial charge in [0, 0.05) is 17.6 Å². The van der Waals surface area contributed by atoms with E-state index in [1.165, 1.54) is 18.4 Å². The zero-order valence-electron chi connectivity index (χ0n) is 13.0. The van der Waals surface area contributed by atoms with Crippen molar-refractivity contribution in [1.82, 2.24) is 9.97 Å². The number of para-hydroxylation sites is 1. The van der Waals surface area contributed by atoms with Gasteiger partial charge in [-0.15, -0.1) is 0 Å². The molecule has 5 heteroatoms. The molecule has 2 aromatic rings. The second kappa shape index (κ2) is 6.96. The van der Waals surface area contributed by atoms with Crippen molar-refractivity contribution in [1.29, 1.82) is 0 Å². The summed E-state index contributed by atoms with van der Waals surface area (Å²) in [5.74, 6) is 1.97. The molecule has 0 spiro atoms. The summed E-state index contributed by atoms with van der Waals surface area (Å²) < 4.78 is 0.801. The van der Waals surface area contributed by atoms with Crippen LogP contribution in [0, 0.1) is 5.92 Å². The van der Waals surface area contributed by atoms with Crippen molar-refractivity contribution in [3.8, 4) is 0 Å². The van der Waals surface area contributed by atoms with E-state index >= 15 is 0 Å². The Kier molecular flexibility index (Phi) is 4.76. The molecule has 1 aromatic carbocycles. The fraction of sp³-hybridized carbons (Fsp3) is 0.222. The van der Waals surface area contributed by atoms with Gasteiger partial charge in [0.15, 0.2) is 0 Å². The second-order valence-corrected chi connectivity index (χ2v) is 6.55. The number of allylic oxidation sites excluding steroid dienone is 2. The van der Waals surface area contributed by atoms with Crippen molar-refractivity contribution in [2.24, 2.45) is 5.92 Å². The summed E-state index contributed by atoms with van der Waals surface area (Å²) in [5, 5.41) is 6.43. The molecule has 1 saturated carbocycles. The van der Waals surface area contributed by atoms with Gasteiger partial charge in [-0.05, 0) is 59.8 Å². The van der Waals surface area contributed by atoms with Crippen LogP contribution in [-0.4, -0.2) is 9.97 Å². The maximum Gasteiger partial charge on any atom is 0.229 e. The summed E-state index contributed by atoms with van der Waals surface area (Å²) in [4.78, 5) is 8.79. The highest BCUT2D eigenvalue weighted by molar-refractivity contribution is 9.10. The highest BCUT2D eigenvalue weighted by Crippen LogP contribution is 2.36. The van der Waals surface area contributed by atoms with E-state index in [4.69, 9.17) is 0 Å². The Morgan fingerprint density at radius 1 is 1.30 bits per heavy atom. The molecule has 118 valence electrons. The molecule has 0 saturated heterocycles. The number of hydrogen-bond donors (Lipinski definition) is 2. The molecule has 0 radical (unpaired) electrons. The predicted molar refractivity (Wildman–Crippen MR) is 98.7 cm³/mol. The van der Waals surface area contributed by atoms with Gasteiger partial charge in [0.2, 0.25) is 5.95 Å². The van der Waals surface area contributed by atoms with Gasteiger partial charge in [-0.2, -0.15) is 4.98 Å². The van der Waals surface area contributed by atoms with E-state index in [-0.39, 0.29) is 0 Å². The Morgan fingerprint density at radius 2 is 2.04 bits per heavy atom. The number of benzene rings is 1. The van der Waals surface area contributed by atoms with Gasteiger partial charge in [-0.1, -0.05) is 30.4 Å². The van der Waals surface area contributed by atoms with E-state index in [1.54, 1.807) is 6.20 Å². The lowest BCUT2D eigenvalue weighted by atomic mass is 10.1. The minimum absolute atomic E-state index is 0.539. The van der Waals surface area contributed by atoms with Gasteiger partial charge in [0.1, 0.15) is 5.82 Å². The van der Waals surface area contributed by atoms with E-state index in [9.17, 15) is 0 Å². The first-order valence-corrected chi connectivity index (χ1v) is 8.40. The zero-order valence-corrected chi connectivity index (χ0v) is 14.6. The van der Waals surface area contributed by atoms with Crippen LogP contribution in [0.5, 0.6) is 0 Å². The minimum Gasteiger partial charge on any atom is -0.340 e. The smallest absolute Gasteiger partial charge is 0.229 e. The Bertz CT molecular complexity index is 736. The van der Waals surface area contributed by atoms with Gasteiger partial charge < -0.3 is 10.6 Å². The number of rotatable bonds is 6. The van der Waals surface area contributed by atoms with Crippen molar-refractivity contribution in [2.75, 3.05) is 10.6 Å². The van der Waals surface area contributed by atoms with Crippen molar-refractivity contribution in [3.63, 3.8) is 0 Å². The van der Waals surface area contributed by atoms with Gasteiger partial charge in [-0.3, -0.25) is 0 Å². The molecule has 0 unspecified atom stereocenters. The van der Waals surface area contributed by atoms with Crippen molar-refractivity contribution < 1.29 is 0 Å². The Morgan fingerprint density at radius 3 is 2.74 bits per heavy atom. The van der Waals surface area contributed by atoms with E-state index in [0.717, 1.165) is 21.8 Å². The topological polar surface area (TPSA) is 49.8 Å². The lowest BCUT2D eigenvalue weighted by molar-refractivity contribution is 1.00. The molecule has 0 aliphatic heterocycles. The Labute approximate surface area is 144 Å². The van der Waals surface area contributed by atoms with Crippen LogP contribution in [0.1, 0.15) is 19.8 Å². The molecule has 4 nitrogen and oxygen atoms in total. The number of halogens is 1. The van der Waals surface area contributed by atoms with Crippen molar-refractivity contribution >= 4 is 33.4 Å². The van der Waals surface area contributed by atoms with E-state index in [0.29, 0.717) is 11.8 Å². The van der Waals surface area contributed by atoms with E-state index in [1.807, 2.05) is 30.3 Å². The predicted octanol–water partition coefficient (Wildman–Crippen LogP) is 5.26. The van der Waals surface area contributed by atoms with Gasteiger partial charge in [0.05, 0.1) is 4.47 Å². The first-order valence-electron chi connectivity index (χ1n) is 7.60. The summed E-state index contributed by atoms with van der Waals surface area (Å²) in [6.45, 7) is 6.22. The molecule has 1 heterocycles. The number of nitrogens with one attached hydrogen (secondary N) is 2. The highest BCUT2D eigenvalue weighted by Gasteiger charge is 2.22. The van der Waals surface area contributed by atoms with E-state index in [2.05, 4.69) is 56.1 Å². The molecule has 23 heavy (non-hydrogen) atoms. The van der Waals surface area contributed by atoms with Crippen LogP contribution < -0.4 is 10.6 Å². The van der Waals surface area contributed by atoms with Crippen LogP contribution in [-0.2, 0) is 0 Å². The molecule has 1 aliphatic rings. The second-order valence-electron chi connectivity index (χ2n) is 5.69. The molecule has 1 fully saturated rings. The average Bonchev–Trinajstić information content (AvgIpc) is 3.36. The number of aromatic nitrogens is 2. The highest BCUT2D eigenvalue weighted by atomic mass is 79.9. The number of anilines is 3. The first-order chi connectivity index (χ1) is 11.1. The molecular weight excluding hydrogens is 352 g/mol. The third-order valence-electron chi connectivity index (χ3n) is 3.68. The van der Waals surface area contributed by atoms with Crippen molar-refractivity contribution in [3.05, 3.63) is 64.9 Å². The summed E-state index contributed by atoms with van der Waals surface area (Å²) in [6.07, 6.45) is 6.40. The van der Waals surface area contributed by atoms with Crippen LogP contribution in [0.4, 0.5) is 17.5 Å². The Balaban J connectivity index is 1.72. The summed E-state index contributed by atoms with van der Waals surface area (Å²) in [6, 6.07) is 9.85. The molecule has 0 amide bonds. The lowest BCUT2D eigenvalue weighted by Gasteiger charge is -2.11. The fourth-order valence-corrected chi connectivity index (χ4v) is 2.58. The molecule has 3 rings (SSSR count). The molecule has 1 aromatic heterocycles. The largest absolute Gasteiger partial charge is 0.340 e. The van der Waals surface area contributed by atoms with Gasteiger partial charge in [-0.25, -0.2) is 4.98 Å². The third-order valence-corrected chi connectivity index (χ3v) is 4.26. The minimum atomic E-state index is 0.539. The SMILES string of the molecule is C=C(/C=C(\C)C1CC1)Nc1nc(Nc2ccccc2)ncc1Br. The number of nitrogens with zero attached hydrogens (tertiary/aromatic N) is 2. The van der Waals surface area contributed by atoms with Crippen LogP contribution in [0.15, 0.2) is 64.9 Å². The first kappa shape index (κ1) is 15.7. The van der Waals surface area contributed by atoms with E-state index < -0.39 is 0 Å². The molecule has 2 N–H and O–H groups in total. The number of hydrogen-bond acceptors (Lipinski definition) is 4. The summed E-state index contributed by atoms with van der Waals surface area (Å²) in [7, 11) is 0. The lowest BCUT2D eigenvalue weighted by Crippen LogP contribution is -2.04. The summed E-state index contributed by atoms with van der Waals surface area (Å²) in [5.41, 5.74) is 3.15. The van der Waals surface area contributed by atoms with Crippen LogP contribution in [0.2, 0.25) is 0 Å². The van der Waals surface area contributed by atoms with Gasteiger partial charge in [0.25, 0.3) is 0 Å². The van der Waals surface area contributed by atoms with Gasteiger partial charge >= 0.3 is 0 Å². The molecule has 0 atom stereocenters. The van der Waals surface area contributed by atoms with Crippen LogP contribution in [0.25, 0.3) is 0 Å².